The minimum absolute atomic E-state index is 1.03. The predicted molar refractivity (Wildman–Crippen MR) is 73.0 cm³/mol. The number of thiol groups is 1. The summed E-state index contributed by atoms with van der Waals surface area (Å²) in [6.07, 6.45) is 5.18. The van der Waals surface area contributed by atoms with Gasteiger partial charge in [0.25, 0.3) is 0 Å². The molecule has 2 nitrogen and oxygen atoms in total. The highest BCUT2D eigenvalue weighted by Gasteiger charge is 2.03. The zero-order valence-electron chi connectivity index (χ0n) is 10.7. The molecule has 0 spiro atoms. The van der Waals surface area contributed by atoms with Gasteiger partial charge < -0.3 is 9.80 Å². The van der Waals surface area contributed by atoms with Crippen LogP contribution < -0.4 is 0 Å². The van der Waals surface area contributed by atoms with Gasteiger partial charge in [-0.05, 0) is 52.2 Å². The molecule has 0 N–H and O–H groups in total. The van der Waals surface area contributed by atoms with E-state index in [0.29, 0.717) is 0 Å². The molecular weight excluding hydrogens is 204 g/mol. The van der Waals surface area contributed by atoms with Crippen LogP contribution >= 0.6 is 12.6 Å². The summed E-state index contributed by atoms with van der Waals surface area (Å²) in [5.41, 5.74) is 0. The topological polar surface area (TPSA) is 6.48 Å². The van der Waals surface area contributed by atoms with Gasteiger partial charge in [-0.25, -0.2) is 0 Å². The van der Waals surface area contributed by atoms with Crippen molar-refractivity contribution in [2.45, 2.75) is 32.6 Å². The van der Waals surface area contributed by atoms with Crippen molar-refractivity contribution in [3.8, 4) is 0 Å². The van der Waals surface area contributed by atoms with E-state index < -0.39 is 0 Å². The number of likely N-dealkylation sites (N-methyl/N-ethyl adjacent to an activating group) is 1. The first-order valence-corrected chi connectivity index (χ1v) is 6.82. The molecule has 0 heterocycles. The molecule has 92 valence electrons. The van der Waals surface area contributed by atoms with Crippen LogP contribution in [0.5, 0.6) is 0 Å². The van der Waals surface area contributed by atoms with E-state index in [0.717, 1.165) is 5.75 Å². The van der Waals surface area contributed by atoms with E-state index in [1.807, 2.05) is 0 Å². The van der Waals surface area contributed by atoms with Crippen LogP contribution in [-0.2, 0) is 0 Å². The lowest BCUT2D eigenvalue weighted by Gasteiger charge is -2.23. The van der Waals surface area contributed by atoms with Gasteiger partial charge in [0, 0.05) is 13.1 Å². The molecule has 0 aliphatic carbocycles. The van der Waals surface area contributed by atoms with E-state index >= 15 is 0 Å². The second-order valence-corrected chi connectivity index (χ2v) is 4.88. The first-order valence-electron chi connectivity index (χ1n) is 6.18. The second-order valence-electron chi connectivity index (χ2n) is 4.43. The van der Waals surface area contributed by atoms with Gasteiger partial charge in [0.05, 0.1) is 0 Å². The second kappa shape index (κ2) is 10.8. The Bertz CT molecular complexity index is 129. The van der Waals surface area contributed by atoms with Gasteiger partial charge in [-0.2, -0.15) is 12.6 Å². The molecular formula is C12H28N2S. The average Bonchev–Trinajstić information content (AvgIpc) is 2.20. The summed E-state index contributed by atoms with van der Waals surface area (Å²) >= 11 is 4.23. The molecule has 0 radical (unpaired) electrons. The van der Waals surface area contributed by atoms with Crippen molar-refractivity contribution < 1.29 is 0 Å². The van der Waals surface area contributed by atoms with Crippen LogP contribution in [0.3, 0.4) is 0 Å². The number of unbranched alkanes of at least 4 members (excludes halogenated alkanes) is 2. The van der Waals surface area contributed by atoms with E-state index in [1.165, 1.54) is 51.9 Å². The molecule has 0 atom stereocenters. The fourth-order valence-electron chi connectivity index (χ4n) is 1.62. The Morgan fingerprint density at radius 2 is 1.60 bits per heavy atom. The quantitative estimate of drug-likeness (QED) is 0.456. The number of hydrogen-bond donors (Lipinski definition) is 1. The van der Waals surface area contributed by atoms with Crippen LogP contribution in [0.4, 0.5) is 0 Å². The Morgan fingerprint density at radius 1 is 0.867 bits per heavy atom. The SMILES string of the molecule is CCCN(CCCCCS)CCN(C)C. The van der Waals surface area contributed by atoms with Crippen LogP contribution in [0.2, 0.25) is 0 Å². The smallest absolute Gasteiger partial charge is 0.0109 e. The molecule has 0 aliphatic rings. The monoisotopic (exact) mass is 232 g/mol. The first-order chi connectivity index (χ1) is 7.20. The third kappa shape index (κ3) is 10.6. The molecule has 0 amide bonds. The molecule has 0 unspecified atom stereocenters. The van der Waals surface area contributed by atoms with Crippen molar-refractivity contribution in [1.29, 1.82) is 0 Å². The molecule has 0 fully saturated rings. The number of hydrogen-bond acceptors (Lipinski definition) is 3. The summed E-state index contributed by atoms with van der Waals surface area (Å²) in [4.78, 5) is 4.84. The van der Waals surface area contributed by atoms with Crippen molar-refractivity contribution in [3.05, 3.63) is 0 Å². The number of rotatable bonds is 10. The van der Waals surface area contributed by atoms with Crippen molar-refractivity contribution in [2.24, 2.45) is 0 Å². The van der Waals surface area contributed by atoms with Gasteiger partial charge >= 0.3 is 0 Å². The highest BCUT2D eigenvalue weighted by atomic mass is 32.1. The minimum atomic E-state index is 1.03. The summed E-state index contributed by atoms with van der Waals surface area (Å²) in [7, 11) is 4.29. The molecule has 0 aliphatic heterocycles. The van der Waals surface area contributed by atoms with Crippen molar-refractivity contribution >= 4 is 12.6 Å². The Labute approximate surface area is 101 Å². The largest absolute Gasteiger partial charge is 0.308 e. The van der Waals surface area contributed by atoms with Crippen LogP contribution in [0.1, 0.15) is 32.6 Å². The van der Waals surface area contributed by atoms with Gasteiger partial charge in [-0.15, -0.1) is 0 Å². The maximum atomic E-state index is 4.23. The lowest BCUT2D eigenvalue weighted by molar-refractivity contribution is 0.237. The van der Waals surface area contributed by atoms with E-state index in [4.69, 9.17) is 0 Å². The van der Waals surface area contributed by atoms with E-state index in [9.17, 15) is 0 Å². The van der Waals surface area contributed by atoms with Crippen molar-refractivity contribution in [1.82, 2.24) is 9.80 Å². The molecule has 0 saturated carbocycles. The maximum Gasteiger partial charge on any atom is 0.0109 e. The Hall–Kier alpha value is 0.270. The summed E-state index contributed by atoms with van der Waals surface area (Å²) in [6, 6.07) is 0. The fraction of sp³-hybridized carbons (Fsp3) is 1.00. The van der Waals surface area contributed by atoms with Crippen LogP contribution in [0.25, 0.3) is 0 Å². The molecule has 0 bridgehead atoms. The first kappa shape index (κ1) is 15.3. The highest BCUT2D eigenvalue weighted by Crippen LogP contribution is 2.01. The summed E-state index contributed by atoms with van der Waals surface area (Å²) in [6.45, 7) is 7.15. The van der Waals surface area contributed by atoms with Crippen LogP contribution in [0.15, 0.2) is 0 Å². The lowest BCUT2D eigenvalue weighted by atomic mass is 10.2. The van der Waals surface area contributed by atoms with E-state index in [2.05, 4.69) is 43.4 Å². The van der Waals surface area contributed by atoms with Gasteiger partial charge in [-0.1, -0.05) is 13.3 Å². The van der Waals surface area contributed by atoms with Crippen LogP contribution in [0, 0.1) is 0 Å². The highest BCUT2D eigenvalue weighted by molar-refractivity contribution is 7.80. The maximum absolute atomic E-state index is 4.23. The standard InChI is InChI=1S/C12H28N2S/c1-4-8-14(11-10-13(2)3)9-6-5-7-12-15/h15H,4-12H2,1-3H3. The molecule has 0 saturated heterocycles. The molecule has 0 aromatic carbocycles. The van der Waals surface area contributed by atoms with E-state index in [-0.39, 0.29) is 0 Å². The third-order valence-corrected chi connectivity index (χ3v) is 2.85. The van der Waals surface area contributed by atoms with Crippen molar-refractivity contribution in [3.63, 3.8) is 0 Å². The Balaban J connectivity index is 3.53. The normalized spacial score (nSPS) is 11.6. The summed E-state index contributed by atoms with van der Waals surface area (Å²) in [5.74, 6) is 1.03. The molecule has 0 rings (SSSR count). The zero-order valence-corrected chi connectivity index (χ0v) is 11.6. The van der Waals surface area contributed by atoms with Gasteiger partial charge in [0.1, 0.15) is 0 Å². The minimum Gasteiger partial charge on any atom is -0.308 e. The molecule has 0 aromatic rings. The Kier molecular flexibility index (Phi) is 11.0. The lowest BCUT2D eigenvalue weighted by Crippen LogP contribution is -2.33. The third-order valence-electron chi connectivity index (χ3n) is 2.54. The van der Waals surface area contributed by atoms with E-state index in [1.54, 1.807) is 0 Å². The average molecular weight is 232 g/mol. The van der Waals surface area contributed by atoms with Crippen LogP contribution in [-0.4, -0.2) is 55.8 Å². The summed E-state index contributed by atoms with van der Waals surface area (Å²) in [5, 5.41) is 0. The zero-order chi connectivity index (χ0) is 11.5. The predicted octanol–water partition coefficient (Wildman–Crippen LogP) is 2.36. The van der Waals surface area contributed by atoms with Crippen molar-refractivity contribution in [2.75, 3.05) is 46.0 Å². The van der Waals surface area contributed by atoms with Gasteiger partial charge in [0.2, 0.25) is 0 Å². The summed E-state index contributed by atoms with van der Waals surface area (Å²) < 4.78 is 0. The Morgan fingerprint density at radius 3 is 2.13 bits per heavy atom. The fourth-order valence-corrected chi connectivity index (χ4v) is 1.84. The van der Waals surface area contributed by atoms with Gasteiger partial charge in [-0.3, -0.25) is 0 Å². The number of nitrogens with zero attached hydrogens (tertiary/aromatic N) is 2. The molecule has 3 heteroatoms. The molecule has 15 heavy (non-hydrogen) atoms. The molecule has 0 aromatic heterocycles. The van der Waals surface area contributed by atoms with Gasteiger partial charge in [0.15, 0.2) is 0 Å².